The third-order valence-electron chi connectivity index (χ3n) is 4.03. The number of hydrogen-bond donors (Lipinski definition) is 1. The van der Waals surface area contributed by atoms with Crippen molar-refractivity contribution in [3.8, 4) is 0 Å². The normalized spacial score (nSPS) is 12.6. The molecule has 146 valence electrons. The monoisotopic (exact) mass is 408 g/mol. The summed E-state index contributed by atoms with van der Waals surface area (Å²) in [5.74, 6) is 0.00403. The highest BCUT2D eigenvalue weighted by molar-refractivity contribution is 7.92. The Morgan fingerprint density at radius 1 is 1.11 bits per heavy atom. The van der Waals surface area contributed by atoms with Crippen LogP contribution in [0.3, 0.4) is 0 Å². The van der Waals surface area contributed by atoms with Gasteiger partial charge < -0.3 is 5.32 Å². The molecular formula is C20H25ClN2O3S. The van der Waals surface area contributed by atoms with Crippen LogP contribution in [0.4, 0.5) is 5.69 Å². The molecule has 2 aromatic carbocycles. The van der Waals surface area contributed by atoms with Crippen molar-refractivity contribution in [2.45, 2.75) is 26.3 Å². The average Bonchev–Trinajstić information content (AvgIpc) is 2.58. The largest absolute Gasteiger partial charge is 0.348 e. The maximum Gasteiger partial charge on any atom is 0.241 e. The Labute approximate surface area is 166 Å². The first-order valence-corrected chi connectivity index (χ1v) is 11.0. The smallest absolute Gasteiger partial charge is 0.241 e. The van der Waals surface area contributed by atoms with E-state index in [0.29, 0.717) is 16.6 Å². The Morgan fingerprint density at radius 2 is 1.78 bits per heavy atom. The van der Waals surface area contributed by atoms with E-state index in [-0.39, 0.29) is 18.5 Å². The van der Waals surface area contributed by atoms with E-state index >= 15 is 0 Å². The number of carbonyl (C=O) groups is 1. The topological polar surface area (TPSA) is 66.5 Å². The number of carbonyl (C=O) groups excluding carboxylic acids is 1. The van der Waals surface area contributed by atoms with Gasteiger partial charge in [0.1, 0.15) is 6.54 Å². The molecule has 0 radical (unpaired) electrons. The first kappa shape index (κ1) is 21.3. The van der Waals surface area contributed by atoms with Crippen LogP contribution >= 0.6 is 11.6 Å². The highest BCUT2D eigenvalue weighted by atomic mass is 35.5. The number of amides is 1. The molecule has 1 atom stereocenters. The van der Waals surface area contributed by atoms with E-state index < -0.39 is 10.0 Å². The molecule has 0 fully saturated rings. The van der Waals surface area contributed by atoms with Gasteiger partial charge in [0.2, 0.25) is 15.9 Å². The van der Waals surface area contributed by atoms with E-state index in [9.17, 15) is 13.2 Å². The summed E-state index contributed by atoms with van der Waals surface area (Å²) >= 11 is 5.98. The van der Waals surface area contributed by atoms with Crippen molar-refractivity contribution in [3.63, 3.8) is 0 Å². The van der Waals surface area contributed by atoms with Gasteiger partial charge in [0, 0.05) is 5.02 Å². The second kappa shape index (κ2) is 9.24. The summed E-state index contributed by atoms with van der Waals surface area (Å²) in [6.45, 7) is 3.86. The molecule has 1 N–H and O–H groups in total. The summed E-state index contributed by atoms with van der Waals surface area (Å²) in [4.78, 5) is 12.7. The minimum Gasteiger partial charge on any atom is -0.348 e. The van der Waals surface area contributed by atoms with Crippen molar-refractivity contribution in [2.24, 2.45) is 5.92 Å². The standard InChI is InChI=1S/C20H25ClN2O3S/c1-15(2)12-19(16-8-5-4-6-9-16)22-20(24)14-23(27(3,25)26)18-11-7-10-17(21)13-18/h4-11,13,15,19H,12,14H2,1-3H3,(H,22,24)/t19-/m0/s1. The fourth-order valence-corrected chi connectivity index (χ4v) is 3.87. The second-order valence-electron chi connectivity index (χ2n) is 6.91. The molecule has 2 rings (SSSR count). The number of nitrogens with zero attached hydrogens (tertiary/aromatic N) is 1. The molecule has 0 unspecified atom stereocenters. The Hall–Kier alpha value is -2.05. The maximum atomic E-state index is 12.7. The number of rotatable bonds is 8. The summed E-state index contributed by atoms with van der Waals surface area (Å²) < 4.78 is 25.5. The fourth-order valence-electron chi connectivity index (χ4n) is 2.84. The van der Waals surface area contributed by atoms with Crippen LogP contribution in [0.25, 0.3) is 0 Å². The van der Waals surface area contributed by atoms with Gasteiger partial charge in [-0.3, -0.25) is 9.10 Å². The lowest BCUT2D eigenvalue weighted by molar-refractivity contribution is -0.120. The predicted octanol–water partition coefficient (Wildman–Crippen LogP) is 4.01. The molecule has 7 heteroatoms. The molecule has 0 saturated carbocycles. The zero-order chi connectivity index (χ0) is 20.0. The molecule has 2 aromatic rings. The van der Waals surface area contributed by atoms with Crippen molar-refractivity contribution in [1.29, 1.82) is 0 Å². The molecule has 0 aromatic heterocycles. The summed E-state index contributed by atoms with van der Waals surface area (Å²) in [6, 6.07) is 15.9. The van der Waals surface area contributed by atoms with E-state index in [4.69, 9.17) is 11.6 Å². The van der Waals surface area contributed by atoms with E-state index in [2.05, 4.69) is 19.2 Å². The van der Waals surface area contributed by atoms with Gasteiger partial charge in [0.15, 0.2) is 0 Å². The van der Waals surface area contributed by atoms with Gasteiger partial charge in [-0.15, -0.1) is 0 Å². The van der Waals surface area contributed by atoms with Gasteiger partial charge in [-0.05, 0) is 36.1 Å². The summed E-state index contributed by atoms with van der Waals surface area (Å²) in [6.07, 6.45) is 1.83. The SMILES string of the molecule is CC(C)C[C@H](NC(=O)CN(c1cccc(Cl)c1)S(C)(=O)=O)c1ccccc1. The molecule has 5 nitrogen and oxygen atoms in total. The third kappa shape index (κ3) is 6.56. The molecule has 0 heterocycles. The number of hydrogen-bond acceptors (Lipinski definition) is 3. The summed E-state index contributed by atoms with van der Waals surface area (Å²) in [7, 11) is -3.64. The Morgan fingerprint density at radius 3 is 2.33 bits per heavy atom. The van der Waals surface area contributed by atoms with Gasteiger partial charge in [-0.25, -0.2) is 8.42 Å². The second-order valence-corrected chi connectivity index (χ2v) is 9.25. The quantitative estimate of drug-likeness (QED) is 0.717. The number of halogens is 1. The molecule has 0 bridgehead atoms. The molecule has 0 aliphatic rings. The van der Waals surface area contributed by atoms with Crippen LogP contribution in [0.15, 0.2) is 54.6 Å². The van der Waals surface area contributed by atoms with Crippen molar-refractivity contribution >= 4 is 33.2 Å². The lowest BCUT2D eigenvalue weighted by Gasteiger charge is -2.25. The zero-order valence-corrected chi connectivity index (χ0v) is 17.3. The van der Waals surface area contributed by atoms with E-state index in [1.165, 1.54) is 6.07 Å². The van der Waals surface area contributed by atoms with Crippen LogP contribution in [0.2, 0.25) is 5.02 Å². The molecule has 0 aliphatic heterocycles. The number of nitrogens with one attached hydrogen (secondary N) is 1. The molecule has 0 saturated heterocycles. The van der Waals surface area contributed by atoms with Gasteiger partial charge in [0.25, 0.3) is 0 Å². The predicted molar refractivity (Wildman–Crippen MR) is 110 cm³/mol. The highest BCUT2D eigenvalue weighted by Crippen LogP contribution is 2.23. The molecule has 27 heavy (non-hydrogen) atoms. The fraction of sp³-hybridized carbons (Fsp3) is 0.350. The lowest BCUT2D eigenvalue weighted by atomic mass is 9.97. The number of anilines is 1. The minimum absolute atomic E-state index is 0.181. The molecule has 0 aliphatic carbocycles. The molecule has 0 spiro atoms. The summed E-state index contributed by atoms with van der Waals surface area (Å²) in [5, 5.41) is 3.38. The van der Waals surface area contributed by atoms with Crippen molar-refractivity contribution in [3.05, 3.63) is 65.2 Å². The summed E-state index contributed by atoms with van der Waals surface area (Å²) in [5.41, 5.74) is 1.36. The van der Waals surface area contributed by atoms with Crippen LogP contribution in [0, 0.1) is 5.92 Å². The highest BCUT2D eigenvalue weighted by Gasteiger charge is 2.23. The maximum absolute atomic E-state index is 12.7. The first-order chi connectivity index (χ1) is 12.7. The third-order valence-corrected chi connectivity index (χ3v) is 5.40. The van der Waals surface area contributed by atoms with Crippen LogP contribution in [-0.4, -0.2) is 27.1 Å². The first-order valence-electron chi connectivity index (χ1n) is 8.74. The molecular weight excluding hydrogens is 384 g/mol. The number of benzene rings is 2. The average molecular weight is 409 g/mol. The Bertz CT molecular complexity index is 870. The zero-order valence-electron chi connectivity index (χ0n) is 15.7. The van der Waals surface area contributed by atoms with Crippen molar-refractivity contribution in [2.75, 3.05) is 17.1 Å². The van der Waals surface area contributed by atoms with Crippen LogP contribution < -0.4 is 9.62 Å². The van der Waals surface area contributed by atoms with Crippen LogP contribution in [-0.2, 0) is 14.8 Å². The lowest BCUT2D eigenvalue weighted by Crippen LogP contribution is -2.41. The van der Waals surface area contributed by atoms with E-state index in [1.807, 2.05) is 30.3 Å². The number of sulfonamides is 1. The Balaban J connectivity index is 2.21. The Kier molecular flexibility index (Phi) is 7.27. The van der Waals surface area contributed by atoms with Crippen LogP contribution in [0.1, 0.15) is 31.9 Å². The molecule has 1 amide bonds. The van der Waals surface area contributed by atoms with E-state index in [1.54, 1.807) is 18.2 Å². The minimum atomic E-state index is -3.64. The van der Waals surface area contributed by atoms with Gasteiger partial charge in [0.05, 0.1) is 18.0 Å². The van der Waals surface area contributed by atoms with Crippen LogP contribution in [0.5, 0.6) is 0 Å². The van der Waals surface area contributed by atoms with Gasteiger partial charge >= 0.3 is 0 Å². The van der Waals surface area contributed by atoms with Crippen molar-refractivity contribution in [1.82, 2.24) is 5.32 Å². The van der Waals surface area contributed by atoms with E-state index in [0.717, 1.165) is 22.5 Å². The van der Waals surface area contributed by atoms with Gasteiger partial charge in [-0.2, -0.15) is 0 Å². The van der Waals surface area contributed by atoms with Crippen molar-refractivity contribution < 1.29 is 13.2 Å². The van der Waals surface area contributed by atoms with Gasteiger partial charge in [-0.1, -0.05) is 61.8 Å².